The zero-order valence-corrected chi connectivity index (χ0v) is 14.5. The lowest BCUT2D eigenvalue weighted by molar-refractivity contribution is -0.122. The summed E-state index contributed by atoms with van der Waals surface area (Å²) in [6.07, 6.45) is 2.60. The van der Waals surface area contributed by atoms with Gasteiger partial charge in [0.25, 0.3) is 0 Å². The molecule has 0 radical (unpaired) electrons. The van der Waals surface area contributed by atoms with Gasteiger partial charge in [-0.25, -0.2) is 0 Å². The number of anilines is 1. The molecule has 0 aliphatic carbocycles. The van der Waals surface area contributed by atoms with Gasteiger partial charge in [0.15, 0.2) is 0 Å². The van der Waals surface area contributed by atoms with E-state index in [1.54, 1.807) is 7.11 Å². The first-order valence-corrected chi connectivity index (χ1v) is 8.44. The van der Waals surface area contributed by atoms with Crippen molar-refractivity contribution < 1.29 is 9.53 Å². The molecule has 5 nitrogen and oxygen atoms in total. The SMILES string of the molecule is CC[C@H](Nc1cccc(OC)c1)C(=O)NCc1cccc2[nH]ccc12. The molecule has 1 heterocycles. The molecule has 3 aromatic rings. The lowest BCUT2D eigenvalue weighted by Crippen LogP contribution is -2.38. The lowest BCUT2D eigenvalue weighted by Gasteiger charge is -2.18. The topological polar surface area (TPSA) is 66.2 Å². The zero-order valence-electron chi connectivity index (χ0n) is 14.5. The predicted octanol–water partition coefficient (Wildman–Crippen LogP) is 3.68. The van der Waals surface area contributed by atoms with Crippen LogP contribution in [0.25, 0.3) is 10.9 Å². The lowest BCUT2D eigenvalue weighted by atomic mass is 10.1. The molecule has 0 spiro atoms. The number of aromatic amines is 1. The first-order chi connectivity index (χ1) is 12.2. The Kier molecular flexibility index (Phi) is 5.23. The van der Waals surface area contributed by atoms with Crippen LogP contribution in [0.5, 0.6) is 5.75 Å². The molecule has 0 fully saturated rings. The summed E-state index contributed by atoms with van der Waals surface area (Å²) in [7, 11) is 1.63. The maximum absolute atomic E-state index is 12.6. The Morgan fingerprint density at radius 2 is 2.04 bits per heavy atom. The second-order valence-corrected chi connectivity index (χ2v) is 5.91. The Hall–Kier alpha value is -2.95. The number of rotatable bonds is 7. The summed E-state index contributed by atoms with van der Waals surface area (Å²) in [5, 5.41) is 7.44. The van der Waals surface area contributed by atoms with Gasteiger partial charge in [-0.3, -0.25) is 4.79 Å². The third-order valence-electron chi connectivity index (χ3n) is 4.27. The van der Waals surface area contributed by atoms with E-state index in [0.717, 1.165) is 27.9 Å². The van der Waals surface area contributed by atoms with Crippen molar-refractivity contribution >= 4 is 22.5 Å². The van der Waals surface area contributed by atoms with Crippen molar-refractivity contribution in [3.8, 4) is 5.75 Å². The van der Waals surface area contributed by atoms with Crippen molar-refractivity contribution in [1.29, 1.82) is 0 Å². The molecule has 0 bridgehead atoms. The van der Waals surface area contributed by atoms with E-state index >= 15 is 0 Å². The molecule has 1 amide bonds. The molecule has 3 rings (SSSR count). The van der Waals surface area contributed by atoms with Crippen LogP contribution in [0.15, 0.2) is 54.7 Å². The van der Waals surface area contributed by atoms with Gasteiger partial charge in [0, 0.05) is 35.4 Å². The van der Waals surface area contributed by atoms with Crippen LogP contribution in [0.4, 0.5) is 5.69 Å². The number of nitrogens with one attached hydrogen (secondary N) is 3. The van der Waals surface area contributed by atoms with E-state index in [2.05, 4.69) is 15.6 Å². The number of hydrogen-bond acceptors (Lipinski definition) is 3. The molecule has 3 N–H and O–H groups in total. The summed E-state index contributed by atoms with van der Waals surface area (Å²) < 4.78 is 5.23. The second-order valence-electron chi connectivity index (χ2n) is 5.91. The summed E-state index contributed by atoms with van der Waals surface area (Å²) in [4.78, 5) is 15.8. The Morgan fingerprint density at radius 3 is 2.84 bits per heavy atom. The molecule has 0 aliphatic heterocycles. The van der Waals surface area contributed by atoms with Gasteiger partial charge < -0.3 is 20.4 Å². The molecule has 0 aliphatic rings. The largest absolute Gasteiger partial charge is 0.497 e. The van der Waals surface area contributed by atoms with Crippen molar-refractivity contribution in [2.75, 3.05) is 12.4 Å². The van der Waals surface area contributed by atoms with Crippen LogP contribution in [0.2, 0.25) is 0 Å². The number of aromatic nitrogens is 1. The van der Waals surface area contributed by atoms with E-state index in [-0.39, 0.29) is 11.9 Å². The highest BCUT2D eigenvalue weighted by molar-refractivity contribution is 5.86. The first kappa shape index (κ1) is 16.9. The molecule has 1 aromatic heterocycles. The van der Waals surface area contributed by atoms with Gasteiger partial charge in [-0.2, -0.15) is 0 Å². The number of carbonyl (C=O) groups is 1. The van der Waals surface area contributed by atoms with Crippen molar-refractivity contribution in [2.24, 2.45) is 0 Å². The molecule has 5 heteroatoms. The van der Waals surface area contributed by atoms with Crippen LogP contribution < -0.4 is 15.4 Å². The highest BCUT2D eigenvalue weighted by Crippen LogP contribution is 2.19. The molecular formula is C20H23N3O2. The summed E-state index contributed by atoms with van der Waals surface area (Å²) in [5.74, 6) is 0.747. The number of ether oxygens (including phenoxy) is 1. The Bertz CT molecular complexity index is 857. The van der Waals surface area contributed by atoms with Gasteiger partial charge in [0.2, 0.25) is 5.91 Å². The molecule has 0 unspecified atom stereocenters. The van der Waals surface area contributed by atoms with Crippen LogP contribution >= 0.6 is 0 Å². The smallest absolute Gasteiger partial charge is 0.242 e. The number of fused-ring (bicyclic) bond motifs is 1. The van der Waals surface area contributed by atoms with Crippen molar-refractivity contribution in [2.45, 2.75) is 25.9 Å². The molecule has 1 atom stereocenters. The Labute approximate surface area is 147 Å². The van der Waals surface area contributed by atoms with Gasteiger partial charge in [-0.05, 0) is 36.2 Å². The fourth-order valence-electron chi connectivity index (χ4n) is 2.88. The number of amides is 1. The van der Waals surface area contributed by atoms with E-state index in [1.807, 2.05) is 61.7 Å². The molecule has 0 saturated carbocycles. The summed E-state index contributed by atoms with van der Waals surface area (Å²) in [6.45, 7) is 2.49. The monoisotopic (exact) mass is 337 g/mol. The Balaban J connectivity index is 1.65. The average molecular weight is 337 g/mol. The molecular weight excluding hydrogens is 314 g/mol. The maximum Gasteiger partial charge on any atom is 0.242 e. The van der Waals surface area contributed by atoms with E-state index in [1.165, 1.54) is 0 Å². The summed E-state index contributed by atoms with van der Waals surface area (Å²) >= 11 is 0. The predicted molar refractivity (Wildman–Crippen MR) is 101 cm³/mol. The number of benzene rings is 2. The van der Waals surface area contributed by atoms with Gasteiger partial charge in [0.05, 0.1) is 7.11 Å². The minimum atomic E-state index is -0.294. The minimum Gasteiger partial charge on any atom is -0.497 e. The van der Waals surface area contributed by atoms with Crippen molar-refractivity contribution in [1.82, 2.24) is 10.3 Å². The molecule has 25 heavy (non-hydrogen) atoms. The van der Waals surface area contributed by atoms with Crippen molar-refractivity contribution in [3.63, 3.8) is 0 Å². The van der Waals surface area contributed by atoms with E-state index in [9.17, 15) is 4.79 Å². The zero-order chi connectivity index (χ0) is 17.6. The van der Waals surface area contributed by atoms with Crippen LogP contribution in [0.1, 0.15) is 18.9 Å². The van der Waals surface area contributed by atoms with Gasteiger partial charge in [-0.15, -0.1) is 0 Å². The normalized spacial score (nSPS) is 11.9. The molecule has 0 saturated heterocycles. The minimum absolute atomic E-state index is 0.0159. The van der Waals surface area contributed by atoms with Gasteiger partial charge in [0.1, 0.15) is 11.8 Å². The molecule has 130 valence electrons. The third kappa shape index (κ3) is 3.94. The standard InChI is InChI=1S/C20H23N3O2/c1-3-18(23-15-7-5-8-16(12-15)25-2)20(24)22-13-14-6-4-9-19-17(14)10-11-21-19/h4-12,18,21,23H,3,13H2,1-2H3,(H,22,24)/t18-/m0/s1. The average Bonchev–Trinajstić information content (AvgIpc) is 3.13. The van der Waals surface area contributed by atoms with Gasteiger partial charge in [-0.1, -0.05) is 25.1 Å². The van der Waals surface area contributed by atoms with E-state index in [0.29, 0.717) is 13.0 Å². The quantitative estimate of drug-likeness (QED) is 0.616. The fraction of sp³-hybridized carbons (Fsp3) is 0.250. The van der Waals surface area contributed by atoms with Gasteiger partial charge >= 0.3 is 0 Å². The third-order valence-corrected chi connectivity index (χ3v) is 4.27. The summed E-state index contributed by atoms with van der Waals surface area (Å²) in [6, 6.07) is 15.4. The van der Waals surface area contributed by atoms with Crippen LogP contribution in [-0.2, 0) is 11.3 Å². The highest BCUT2D eigenvalue weighted by Gasteiger charge is 2.16. The second kappa shape index (κ2) is 7.75. The van der Waals surface area contributed by atoms with Crippen LogP contribution in [-0.4, -0.2) is 24.0 Å². The van der Waals surface area contributed by atoms with Crippen molar-refractivity contribution in [3.05, 3.63) is 60.3 Å². The van der Waals surface area contributed by atoms with E-state index < -0.39 is 0 Å². The number of H-pyrrole nitrogens is 1. The number of carbonyl (C=O) groups excluding carboxylic acids is 1. The highest BCUT2D eigenvalue weighted by atomic mass is 16.5. The molecule has 2 aromatic carbocycles. The van der Waals surface area contributed by atoms with E-state index in [4.69, 9.17) is 4.74 Å². The number of methoxy groups -OCH3 is 1. The summed E-state index contributed by atoms with van der Waals surface area (Å²) in [5.41, 5.74) is 3.05. The number of hydrogen-bond donors (Lipinski definition) is 3. The first-order valence-electron chi connectivity index (χ1n) is 8.44. The Morgan fingerprint density at radius 1 is 1.20 bits per heavy atom. The van der Waals surface area contributed by atoms with Crippen LogP contribution in [0, 0.1) is 0 Å². The fourth-order valence-corrected chi connectivity index (χ4v) is 2.88. The maximum atomic E-state index is 12.6. The van der Waals surface area contributed by atoms with Crippen LogP contribution in [0.3, 0.4) is 0 Å².